The number of aromatic nitrogens is 3. The molecular weight excluding hydrogens is 258 g/mol. The molecule has 2 aromatic rings. The van der Waals surface area contributed by atoms with E-state index in [-0.39, 0.29) is 0 Å². The number of anilines is 1. The largest absolute Gasteiger partial charge is 0.357 e. The molecular formula is C13H17N5S. The number of hydrogen-bond donors (Lipinski definition) is 1. The molecule has 0 amide bonds. The Balaban J connectivity index is 1.65. The van der Waals surface area contributed by atoms with Crippen LogP contribution in [0.3, 0.4) is 0 Å². The maximum atomic E-state index is 4.29. The molecule has 6 heteroatoms. The van der Waals surface area contributed by atoms with Gasteiger partial charge in [0.15, 0.2) is 5.01 Å². The Morgan fingerprint density at radius 2 is 2.11 bits per heavy atom. The summed E-state index contributed by atoms with van der Waals surface area (Å²) in [6.07, 6.45) is 4.10. The Bertz CT molecular complexity index is 519. The van der Waals surface area contributed by atoms with E-state index in [4.69, 9.17) is 0 Å². The third kappa shape index (κ3) is 3.08. The minimum Gasteiger partial charge on any atom is -0.357 e. The normalized spacial score (nSPS) is 17.5. The number of nitrogens with zero attached hydrogens (tertiary/aromatic N) is 4. The van der Waals surface area contributed by atoms with Gasteiger partial charge in [-0.05, 0) is 45.1 Å². The molecule has 0 atom stereocenters. The van der Waals surface area contributed by atoms with Crippen molar-refractivity contribution in [2.24, 2.45) is 0 Å². The lowest BCUT2D eigenvalue weighted by Crippen LogP contribution is -2.36. The molecule has 1 aliphatic heterocycles. The molecule has 1 aliphatic rings. The van der Waals surface area contributed by atoms with Crippen molar-refractivity contribution in [3.63, 3.8) is 0 Å². The van der Waals surface area contributed by atoms with Crippen molar-refractivity contribution in [2.75, 3.05) is 25.5 Å². The highest BCUT2D eigenvalue weighted by Crippen LogP contribution is 2.26. The number of hydrogen-bond acceptors (Lipinski definition) is 6. The molecule has 0 radical (unpaired) electrons. The van der Waals surface area contributed by atoms with Gasteiger partial charge >= 0.3 is 0 Å². The first-order valence-corrected chi connectivity index (χ1v) is 7.33. The van der Waals surface area contributed by atoms with E-state index in [0.717, 1.165) is 41.8 Å². The summed E-state index contributed by atoms with van der Waals surface area (Å²) >= 11 is 1.57. The smallest absolute Gasteiger partial charge is 0.206 e. The van der Waals surface area contributed by atoms with E-state index in [1.807, 2.05) is 18.2 Å². The van der Waals surface area contributed by atoms with Gasteiger partial charge in [0, 0.05) is 12.2 Å². The van der Waals surface area contributed by atoms with Crippen molar-refractivity contribution in [2.45, 2.75) is 18.9 Å². The van der Waals surface area contributed by atoms with E-state index in [1.54, 1.807) is 17.5 Å². The van der Waals surface area contributed by atoms with Crippen LogP contribution in [0.15, 0.2) is 24.4 Å². The van der Waals surface area contributed by atoms with Gasteiger partial charge in [-0.1, -0.05) is 17.4 Å². The monoisotopic (exact) mass is 275 g/mol. The van der Waals surface area contributed by atoms with E-state index in [2.05, 4.69) is 32.4 Å². The van der Waals surface area contributed by atoms with Gasteiger partial charge in [-0.25, -0.2) is 0 Å². The zero-order valence-electron chi connectivity index (χ0n) is 10.9. The SMILES string of the molecule is CN1CCC(Nc2nnc(-c3ccccn3)s2)CC1. The predicted molar refractivity (Wildman–Crippen MR) is 77.3 cm³/mol. The zero-order valence-corrected chi connectivity index (χ0v) is 11.7. The second kappa shape index (κ2) is 5.63. The molecule has 0 aliphatic carbocycles. The van der Waals surface area contributed by atoms with Crippen LogP contribution in [0.2, 0.25) is 0 Å². The van der Waals surface area contributed by atoms with Crippen molar-refractivity contribution in [3.05, 3.63) is 24.4 Å². The Hall–Kier alpha value is -1.53. The summed E-state index contributed by atoms with van der Waals surface area (Å²) in [5.41, 5.74) is 0.886. The molecule has 3 heterocycles. The van der Waals surface area contributed by atoms with Crippen molar-refractivity contribution in [1.29, 1.82) is 0 Å². The quantitative estimate of drug-likeness (QED) is 0.929. The Kier molecular flexibility index (Phi) is 3.70. The van der Waals surface area contributed by atoms with Gasteiger partial charge in [0.2, 0.25) is 5.13 Å². The topological polar surface area (TPSA) is 53.9 Å². The number of nitrogens with one attached hydrogen (secondary N) is 1. The van der Waals surface area contributed by atoms with Crippen LogP contribution in [0.4, 0.5) is 5.13 Å². The highest BCUT2D eigenvalue weighted by atomic mass is 32.1. The average molecular weight is 275 g/mol. The molecule has 100 valence electrons. The van der Waals surface area contributed by atoms with Gasteiger partial charge in [-0.15, -0.1) is 10.2 Å². The number of pyridine rings is 1. The van der Waals surface area contributed by atoms with Crippen LogP contribution in [-0.2, 0) is 0 Å². The van der Waals surface area contributed by atoms with Crippen LogP contribution < -0.4 is 5.32 Å². The van der Waals surface area contributed by atoms with E-state index in [1.165, 1.54) is 0 Å². The first-order chi connectivity index (χ1) is 9.31. The first kappa shape index (κ1) is 12.5. The Morgan fingerprint density at radius 3 is 2.84 bits per heavy atom. The predicted octanol–water partition coefficient (Wildman–Crippen LogP) is 2.11. The molecule has 0 aromatic carbocycles. The Labute approximate surface area is 116 Å². The van der Waals surface area contributed by atoms with Gasteiger partial charge < -0.3 is 10.2 Å². The summed E-state index contributed by atoms with van der Waals surface area (Å²) in [7, 11) is 2.17. The van der Waals surface area contributed by atoms with Gasteiger partial charge in [0.25, 0.3) is 0 Å². The molecule has 1 saturated heterocycles. The minimum atomic E-state index is 0.515. The lowest BCUT2D eigenvalue weighted by atomic mass is 10.1. The lowest BCUT2D eigenvalue weighted by Gasteiger charge is -2.29. The van der Waals surface area contributed by atoms with Crippen LogP contribution in [0.5, 0.6) is 0 Å². The fourth-order valence-electron chi connectivity index (χ4n) is 2.20. The molecule has 2 aromatic heterocycles. The second-order valence-electron chi connectivity index (χ2n) is 4.85. The molecule has 3 rings (SSSR count). The average Bonchev–Trinajstić information content (AvgIpc) is 2.91. The van der Waals surface area contributed by atoms with E-state index in [0.29, 0.717) is 6.04 Å². The molecule has 1 fully saturated rings. The van der Waals surface area contributed by atoms with Crippen molar-refractivity contribution < 1.29 is 0 Å². The van der Waals surface area contributed by atoms with Crippen molar-refractivity contribution in [1.82, 2.24) is 20.1 Å². The molecule has 0 spiro atoms. The van der Waals surface area contributed by atoms with Crippen LogP contribution in [0.1, 0.15) is 12.8 Å². The maximum absolute atomic E-state index is 4.29. The third-order valence-corrected chi connectivity index (χ3v) is 4.23. The van der Waals surface area contributed by atoms with E-state index in [9.17, 15) is 0 Å². The summed E-state index contributed by atoms with van der Waals surface area (Å²) in [6, 6.07) is 6.34. The van der Waals surface area contributed by atoms with Gasteiger partial charge in [-0.2, -0.15) is 0 Å². The van der Waals surface area contributed by atoms with Crippen LogP contribution in [0.25, 0.3) is 10.7 Å². The van der Waals surface area contributed by atoms with Gasteiger partial charge in [0.05, 0.1) is 0 Å². The van der Waals surface area contributed by atoms with E-state index >= 15 is 0 Å². The van der Waals surface area contributed by atoms with Gasteiger partial charge in [0.1, 0.15) is 5.69 Å². The molecule has 5 nitrogen and oxygen atoms in total. The fraction of sp³-hybridized carbons (Fsp3) is 0.462. The molecule has 19 heavy (non-hydrogen) atoms. The van der Waals surface area contributed by atoms with Crippen molar-refractivity contribution >= 4 is 16.5 Å². The number of piperidine rings is 1. The summed E-state index contributed by atoms with van der Waals surface area (Å²) in [4.78, 5) is 6.65. The van der Waals surface area contributed by atoms with Crippen LogP contribution in [0, 0.1) is 0 Å². The fourth-order valence-corrected chi connectivity index (χ4v) is 3.00. The highest BCUT2D eigenvalue weighted by Gasteiger charge is 2.18. The number of rotatable bonds is 3. The summed E-state index contributed by atoms with van der Waals surface area (Å²) in [6.45, 7) is 2.28. The molecule has 0 unspecified atom stereocenters. The molecule has 0 bridgehead atoms. The van der Waals surface area contributed by atoms with Crippen LogP contribution >= 0.6 is 11.3 Å². The van der Waals surface area contributed by atoms with Crippen molar-refractivity contribution in [3.8, 4) is 10.7 Å². The third-order valence-electron chi connectivity index (χ3n) is 3.36. The molecule has 1 N–H and O–H groups in total. The standard InChI is InChI=1S/C13H17N5S/c1-18-8-5-10(6-9-18)15-13-17-16-12(19-13)11-4-2-3-7-14-11/h2-4,7,10H,5-6,8-9H2,1H3,(H,15,17). The number of likely N-dealkylation sites (tertiary alicyclic amines) is 1. The maximum Gasteiger partial charge on any atom is 0.206 e. The molecule has 0 saturated carbocycles. The summed E-state index contributed by atoms with van der Waals surface area (Å²) in [5, 5.41) is 13.7. The van der Waals surface area contributed by atoms with Crippen LogP contribution in [-0.4, -0.2) is 46.3 Å². The lowest BCUT2D eigenvalue weighted by molar-refractivity contribution is 0.264. The minimum absolute atomic E-state index is 0.515. The summed E-state index contributed by atoms with van der Waals surface area (Å²) < 4.78 is 0. The highest BCUT2D eigenvalue weighted by molar-refractivity contribution is 7.18. The Morgan fingerprint density at radius 1 is 1.26 bits per heavy atom. The summed E-state index contributed by atoms with van der Waals surface area (Å²) in [5.74, 6) is 0. The van der Waals surface area contributed by atoms with Gasteiger partial charge in [-0.3, -0.25) is 4.98 Å². The zero-order chi connectivity index (χ0) is 13.1. The van der Waals surface area contributed by atoms with E-state index < -0.39 is 0 Å². The first-order valence-electron chi connectivity index (χ1n) is 6.51. The second-order valence-corrected chi connectivity index (χ2v) is 5.83.